The summed E-state index contributed by atoms with van der Waals surface area (Å²) in [5.74, 6) is 0.517. The molecule has 4 rings (SSSR count). The molecule has 1 fully saturated rings. The first-order chi connectivity index (χ1) is 13.8. The second kappa shape index (κ2) is 7.31. The molecule has 1 aliphatic heterocycles. The zero-order valence-corrected chi connectivity index (χ0v) is 15.9. The summed E-state index contributed by atoms with van der Waals surface area (Å²) in [7, 11) is -4.30. The molecule has 0 spiro atoms. The van der Waals surface area contributed by atoms with Crippen molar-refractivity contribution in [3.8, 4) is 5.75 Å². The molecule has 0 bridgehead atoms. The highest BCUT2D eigenvalue weighted by Crippen LogP contribution is 2.36. The van der Waals surface area contributed by atoms with Gasteiger partial charge in [-0.25, -0.2) is 8.42 Å². The van der Waals surface area contributed by atoms with Gasteiger partial charge in [-0.2, -0.15) is 17.5 Å². The van der Waals surface area contributed by atoms with E-state index in [9.17, 15) is 21.6 Å². The van der Waals surface area contributed by atoms with E-state index in [-0.39, 0.29) is 13.1 Å². The molecule has 9 heteroatoms. The Labute approximate surface area is 165 Å². The highest BCUT2D eigenvalue weighted by Gasteiger charge is 2.41. The van der Waals surface area contributed by atoms with Gasteiger partial charge in [-0.15, -0.1) is 0 Å². The van der Waals surface area contributed by atoms with Crippen LogP contribution in [0.15, 0.2) is 65.7 Å². The smallest absolute Gasteiger partial charge is 0.417 e. The van der Waals surface area contributed by atoms with Crippen LogP contribution in [-0.2, 0) is 16.2 Å². The lowest BCUT2D eigenvalue weighted by molar-refractivity contribution is -0.139. The van der Waals surface area contributed by atoms with Crippen molar-refractivity contribution in [2.45, 2.75) is 23.6 Å². The number of rotatable bonds is 4. The number of nitrogens with zero attached hydrogens (tertiary/aromatic N) is 2. The van der Waals surface area contributed by atoms with Gasteiger partial charge in [0.1, 0.15) is 17.4 Å². The maximum atomic E-state index is 13.3. The molecular weight excluding hydrogens is 405 g/mol. The summed E-state index contributed by atoms with van der Waals surface area (Å²) in [5.41, 5.74) is -0.513. The van der Waals surface area contributed by atoms with Gasteiger partial charge in [-0.05, 0) is 30.7 Å². The monoisotopic (exact) mass is 422 g/mol. The minimum absolute atomic E-state index is 0.0300. The number of benzene rings is 2. The van der Waals surface area contributed by atoms with Gasteiger partial charge in [-0.1, -0.05) is 30.3 Å². The van der Waals surface area contributed by atoms with Gasteiger partial charge in [0.15, 0.2) is 0 Å². The fourth-order valence-electron chi connectivity index (χ4n) is 3.43. The zero-order valence-electron chi connectivity index (χ0n) is 15.1. The van der Waals surface area contributed by atoms with Crippen LogP contribution in [-0.4, -0.2) is 36.9 Å². The third-order valence-electron chi connectivity index (χ3n) is 4.81. The summed E-state index contributed by atoms with van der Waals surface area (Å²) in [4.78, 5) is 3.56. The summed E-state index contributed by atoms with van der Waals surface area (Å²) in [6.45, 7) is 0.0507. The first-order valence-electron chi connectivity index (χ1n) is 8.93. The Kier molecular flexibility index (Phi) is 4.95. The molecule has 3 aromatic rings. The molecule has 0 radical (unpaired) electrons. The highest BCUT2D eigenvalue weighted by atomic mass is 32.2. The van der Waals surface area contributed by atoms with Crippen LogP contribution in [0.25, 0.3) is 10.9 Å². The average Bonchev–Trinajstić information content (AvgIpc) is 3.17. The van der Waals surface area contributed by atoms with Gasteiger partial charge >= 0.3 is 6.18 Å². The first-order valence-corrected chi connectivity index (χ1v) is 10.4. The summed E-state index contributed by atoms with van der Waals surface area (Å²) in [5, 5.41) is 0.881. The molecular formula is C20H17F3N2O3S. The molecule has 2 heterocycles. The van der Waals surface area contributed by atoms with Gasteiger partial charge in [0, 0.05) is 18.1 Å². The second-order valence-electron chi connectivity index (χ2n) is 6.72. The Morgan fingerprint density at radius 3 is 2.59 bits per heavy atom. The van der Waals surface area contributed by atoms with Gasteiger partial charge in [0.2, 0.25) is 10.0 Å². The molecule has 29 heavy (non-hydrogen) atoms. The van der Waals surface area contributed by atoms with Crippen molar-refractivity contribution in [2.24, 2.45) is 0 Å². The SMILES string of the molecule is O=S(=O)(c1ccccc1C(F)(F)F)N1CC[C@H](Oc2cccc3cccnc23)C1. The van der Waals surface area contributed by atoms with E-state index in [1.54, 1.807) is 18.3 Å². The molecule has 1 saturated heterocycles. The Hall–Kier alpha value is -2.65. The molecule has 0 saturated carbocycles. The Morgan fingerprint density at radius 1 is 1.03 bits per heavy atom. The van der Waals surface area contributed by atoms with Gasteiger partial charge in [-0.3, -0.25) is 4.98 Å². The van der Waals surface area contributed by atoms with Crippen molar-refractivity contribution in [1.82, 2.24) is 9.29 Å². The molecule has 0 unspecified atom stereocenters. The number of ether oxygens (including phenoxy) is 1. The number of para-hydroxylation sites is 1. The van der Waals surface area contributed by atoms with Crippen molar-refractivity contribution in [2.75, 3.05) is 13.1 Å². The van der Waals surface area contributed by atoms with Crippen LogP contribution in [0.2, 0.25) is 0 Å². The van der Waals surface area contributed by atoms with Crippen LogP contribution < -0.4 is 4.74 Å². The lowest BCUT2D eigenvalue weighted by Crippen LogP contribution is -2.32. The van der Waals surface area contributed by atoms with Crippen molar-refractivity contribution >= 4 is 20.9 Å². The molecule has 0 amide bonds. The van der Waals surface area contributed by atoms with E-state index in [2.05, 4.69) is 4.98 Å². The maximum Gasteiger partial charge on any atom is 0.417 e. The van der Waals surface area contributed by atoms with E-state index in [1.807, 2.05) is 18.2 Å². The van der Waals surface area contributed by atoms with E-state index in [0.29, 0.717) is 17.7 Å². The van der Waals surface area contributed by atoms with Crippen LogP contribution in [0.1, 0.15) is 12.0 Å². The molecule has 5 nitrogen and oxygen atoms in total. The minimum Gasteiger partial charge on any atom is -0.487 e. The fraction of sp³-hybridized carbons (Fsp3) is 0.250. The van der Waals surface area contributed by atoms with Gasteiger partial charge in [0.05, 0.1) is 17.0 Å². The highest BCUT2D eigenvalue weighted by molar-refractivity contribution is 7.89. The summed E-state index contributed by atoms with van der Waals surface area (Å²) in [6.07, 6.45) is -3.23. The number of aromatic nitrogens is 1. The molecule has 2 aromatic carbocycles. The summed E-state index contributed by atoms with van der Waals surface area (Å²) >= 11 is 0. The normalized spacial score (nSPS) is 18.2. The predicted octanol–water partition coefficient (Wildman–Crippen LogP) is 4.10. The molecule has 1 aromatic heterocycles. The van der Waals surface area contributed by atoms with Crippen molar-refractivity contribution in [3.05, 3.63) is 66.4 Å². The summed E-state index contributed by atoms with van der Waals surface area (Å²) in [6, 6.07) is 13.3. The topological polar surface area (TPSA) is 59.5 Å². The maximum absolute atomic E-state index is 13.3. The Balaban J connectivity index is 1.57. The Bertz CT molecular complexity index is 1140. The van der Waals surface area contributed by atoms with Crippen LogP contribution >= 0.6 is 0 Å². The van der Waals surface area contributed by atoms with E-state index in [1.165, 1.54) is 12.1 Å². The van der Waals surface area contributed by atoms with Crippen LogP contribution in [0.3, 0.4) is 0 Å². The first kappa shape index (κ1) is 19.7. The number of hydrogen-bond acceptors (Lipinski definition) is 4. The number of alkyl halides is 3. The molecule has 1 atom stereocenters. The van der Waals surface area contributed by atoms with Crippen LogP contribution in [0, 0.1) is 0 Å². The van der Waals surface area contributed by atoms with Crippen LogP contribution in [0.5, 0.6) is 5.75 Å². The number of halogens is 3. The largest absolute Gasteiger partial charge is 0.487 e. The van der Waals surface area contributed by atoms with E-state index < -0.39 is 32.8 Å². The quantitative estimate of drug-likeness (QED) is 0.635. The van der Waals surface area contributed by atoms with Gasteiger partial charge < -0.3 is 4.74 Å². The molecule has 0 aliphatic carbocycles. The third kappa shape index (κ3) is 3.79. The number of fused-ring (bicyclic) bond motifs is 1. The lowest BCUT2D eigenvalue weighted by Gasteiger charge is -2.20. The minimum atomic E-state index is -4.76. The third-order valence-corrected chi connectivity index (χ3v) is 6.73. The summed E-state index contributed by atoms with van der Waals surface area (Å²) < 4.78 is 72.5. The van der Waals surface area contributed by atoms with Gasteiger partial charge in [0.25, 0.3) is 0 Å². The van der Waals surface area contributed by atoms with E-state index in [0.717, 1.165) is 21.8 Å². The van der Waals surface area contributed by atoms with Crippen molar-refractivity contribution in [1.29, 1.82) is 0 Å². The Morgan fingerprint density at radius 2 is 1.79 bits per heavy atom. The van der Waals surface area contributed by atoms with E-state index >= 15 is 0 Å². The number of pyridine rings is 1. The lowest BCUT2D eigenvalue weighted by atomic mass is 10.2. The fourth-order valence-corrected chi connectivity index (χ4v) is 5.13. The number of hydrogen-bond donors (Lipinski definition) is 0. The molecule has 0 N–H and O–H groups in total. The number of sulfonamides is 1. The second-order valence-corrected chi connectivity index (χ2v) is 8.62. The van der Waals surface area contributed by atoms with Crippen LogP contribution in [0.4, 0.5) is 13.2 Å². The zero-order chi connectivity index (χ0) is 20.6. The molecule has 1 aliphatic rings. The predicted molar refractivity (Wildman–Crippen MR) is 101 cm³/mol. The van der Waals surface area contributed by atoms with E-state index in [4.69, 9.17) is 4.74 Å². The standard InChI is InChI=1S/C20H17F3N2O3S/c21-20(22,23)16-7-1-2-9-18(16)29(26,27)25-12-10-15(13-25)28-17-8-3-5-14-6-4-11-24-19(14)17/h1-9,11,15H,10,12-13H2/t15-/m0/s1. The van der Waals surface area contributed by atoms with Crippen molar-refractivity contribution < 1.29 is 26.3 Å². The molecule has 152 valence electrons. The average molecular weight is 422 g/mol. The van der Waals surface area contributed by atoms with Crippen molar-refractivity contribution in [3.63, 3.8) is 0 Å².